The fourth-order valence-electron chi connectivity index (χ4n) is 1.88. The predicted molar refractivity (Wildman–Crippen MR) is 83.5 cm³/mol. The highest BCUT2D eigenvalue weighted by Crippen LogP contribution is 2.12. The Balaban J connectivity index is 1.98. The molecule has 1 atom stereocenters. The Morgan fingerprint density at radius 1 is 1.20 bits per heavy atom. The van der Waals surface area contributed by atoms with E-state index in [1.165, 1.54) is 5.56 Å². The van der Waals surface area contributed by atoms with Gasteiger partial charge < -0.3 is 20.1 Å². The Morgan fingerprint density at radius 3 is 2.80 bits per heavy atom. The zero-order chi connectivity index (χ0) is 14.6. The van der Waals surface area contributed by atoms with Gasteiger partial charge in [0.05, 0.1) is 13.2 Å². The first-order chi connectivity index (χ1) is 9.72. The number of methoxy groups -OCH3 is 1. The molecule has 0 aromatic heterocycles. The van der Waals surface area contributed by atoms with Crippen LogP contribution in [-0.2, 0) is 4.74 Å². The molecule has 1 aromatic rings. The second-order valence-corrected chi connectivity index (χ2v) is 5.07. The second-order valence-electron chi connectivity index (χ2n) is 5.07. The molecule has 0 radical (unpaired) electrons. The van der Waals surface area contributed by atoms with Crippen LogP contribution >= 0.6 is 0 Å². The fraction of sp³-hybridized carbons (Fsp3) is 0.625. The molecule has 0 spiro atoms. The van der Waals surface area contributed by atoms with Crippen LogP contribution in [0.3, 0.4) is 0 Å². The maximum Gasteiger partial charge on any atom is 0.119 e. The van der Waals surface area contributed by atoms with E-state index in [9.17, 15) is 0 Å². The quantitative estimate of drug-likeness (QED) is 0.608. The van der Waals surface area contributed by atoms with Crippen LogP contribution in [0.2, 0.25) is 0 Å². The van der Waals surface area contributed by atoms with Crippen LogP contribution in [0.5, 0.6) is 5.75 Å². The van der Waals surface area contributed by atoms with E-state index in [1.54, 1.807) is 7.11 Å². The van der Waals surface area contributed by atoms with Crippen molar-refractivity contribution in [1.29, 1.82) is 0 Å². The average Bonchev–Trinajstić information content (AvgIpc) is 2.43. The Kier molecular flexibility index (Phi) is 9.04. The van der Waals surface area contributed by atoms with E-state index < -0.39 is 0 Å². The SMILES string of the molecule is COCCNCC(C)NCCCOc1cccc(C)c1. The highest BCUT2D eigenvalue weighted by Gasteiger charge is 2.00. The van der Waals surface area contributed by atoms with Crippen LogP contribution in [0.15, 0.2) is 24.3 Å². The van der Waals surface area contributed by atoms with Crippen molar-refractivity contribution in [2.75, 3.05) is 40.0 Å². The van der Waals surface area contributed by atoms with E-state index in [0.717, 1.165) is 45.0 Å². The molecule has 0 aliphatic carbocycles. The molecule has 4 heteroatoms. The maximum absolute atomic E-state index is 5.71. The molecular formula is C16H28N2O2. The van der Waals surface area contributed by atoms with Gasteiger partial charge in [0.2, 0.25) is 0 Å². The summed E-state index contributed by atoms with van der Waals surface area (Å²) >= 11 is 0. The second kappa shape index (κ2) is 10.7. The normalized spacial score (nSPS) is 12.3. The third-order valence-corrected chi connectivity index (χ3v) is 3.01. The predicted octanol–water partition coefficient (Wildman–Crippen LogP) is 1.98. The summed E-state index contributed by atoms with van der Waals surface area (Å²) in [5, 5.41) is 6.81. The van der Waals surface area contributed by atoms with E-state index in [4.69, 9.17) is 9.47 Å². The standard InChI is InChI=1S/C16H28N2O2/c1-14-6-4-7-16(12-14)20-10-5-8-18-15(2)13-17-9-11-19-3/h4,6-7,12,15,17-18H,5,8-11,13H2,1-3H3. The van der Waals surface area contributed by atoms with Gasteiger partial charge in [-0.1, -0.05) is 12.1 Å². The van der Waals surface area contributed by atoms with Gasteiger partial charge in [0.15, 0.2) is 0 Å². The van der Waals surface area contributed by atoms with Gasteiger partial charge in [-0.15, -0.1) is 0 Å². The lowest BCUT2D eigenvalue weighted by molar-refractivity contribution is 0.198. The number of aryl methyl sites for hydroxylation is 1. The van der Waals surface area contributed by atoms with Gasteiger partial charge in [0, 0.05) is 26.2 Å². The van der Waals surface area contributed by atoms with Crippen molar-refractivity contribution >= 4 is 0 Å². The fourth-order valence-corrected chi connectivity index (χ4v) is 1.88. The lowest BCUT2D eigenvalue weighted by atomic mass is 10.2. The van der Waals surface area contributed by atoms with Gasteiger partial charge in [-0.3, -0.25) is 0 Å². The number of hydrogen-bond donors (Lipinski definition) is 2. The molecule has 0 aliphatic rings. The van der Waals surface area contributed by atoms with Crippen molar-refractivity contribution in [1.82, 2.24) is 10.6 Å². The molecule has 0 saturated carbocycles. The summed E-state index contributed by atoms with van der Waals surface area (Å²) in [6, 6.07) is 8.63. The van der Waals surface area contributed by atoms with Crippen LogP contribution in [0.25, 0.3) is 0 Å². The Bertz CT molecular complexity index is 358. The third kappa shape index (κ3) is 8.15. The molecule has 1 unspecified atom stereocenters. The number of benzene rings is 1. The summed E-state index contributed by atoms with van der Waals surface area (Å²) in [7, 11) is 1.72. The summed E-state index contributed by atoms with van der Waals surface area (Å²) in [5.74, 6) is 0.958. The minimum Gasteiger partial charge on any atom is -0.494 e. The summed E-state index contributed by atoms with van der Waals surface area (Å²) in [5.41, 5.74) is 1.23. The number of rotatable bonds is 11. The topological polar surface area (TPSA) is 42.5 Å². The van der Waals surface area contributed by atoms with E-state index in [0.29, 0.717) is 6.04 Å². The molecule has 2 N–H and O–H groups in total. The lowest BCUT2D eigenvalue weighted by Gasteiger charge is -2.14. The minimum atomic E-state index is 0.464. The van der Waals surface area contributed by atoms with Gasteiger partial charge in [0.1, 0.15) is 5.75 Å². The molecular weight excluding hydrogens is 252 g/mol. The van der Waals surface area contributed by atoms with Crippen LogP contribution in [0, 0.1) is 6.92 Å². The van der Waals surface area contributed by atoms with Crippen molar-refractivity contribution < 1.29 is 9.47 Å². The van der Waals surface area contributed by atoms with Crippen molar-refractivity contribution in [2.45, 2.75) is 26.3 Å². The number of ether oxygens (including phenoxy) is 2. The third-order valence-electron chi connectivity index (χ3n) is 3.01. The van der Waals surface area contributed by atoms with Crippen molar-refractivity contribution in [2.24, 2.45) is 0 Å². The number of nitrogens with one attached hydrogen (secondary N) is 2. The van der Waals surface area contributed by atoms with Gasteiger partial charge in [-0.05, 0) is 44.5 Å². The summed E-state index contributed by atoms with van der Waals surface area (Å²) in [4.78, 5) is 0. The van der Waals surface area contributed by atoms with E-state index in [2.05, 4.69) is 36.6 Å². The molecule has 20 heavy (non-hydrogen) atoms. The summed E-state index contributed by atoms with van der Waals surface area (Å²) in [6.07, 6.45) is 1.01. The lowest BCUT2D eigenvalue weighted by Crippen LogP contribution is -2.38. The van der Waals surface area contributed by atoms with E-state index >= 15 is 0 Å². The average molecular weight is 280 g/mol. The Hall–Kier alpha value is -1.10. The van der Waals surface area contributed by atoms with Gasteiger partial charge in [-0.2, -0.15) is 0 Å². The molecule has 0 bridgehead atoms. The van der Waals surface area contributed by atoms with Crippen molar-refractivity contribution in [3.63, 3.8) is 0 Å². The van der Waals surface area contributed by atoms with Crippen LogP contribution in [-0.4, -0.2) is 46.0 Å². The van der Waals surface area contributed by atoms with Crippen LogP contribution in [0.4, 0.5) is 0 Å². The molecule has 1 aromatic carbocycles. The maximum atomic E-state index is 5.71. The molecule has 0 aliphatic heterocycles. The molecule has 0 amide bonds. The molecule has 114 valence electrons. The van der Waals surface area contributed by atoms with Gasteiger partial charge in [-0.25, -0.2) is 0 Å². The Morgan fingerprint density at radius 2 is 2.05 bits per heavy atom. The van der Waals surface area contributed by atoms with E-state index in [-0.39, 0.29) is 0 Å². The molecule has 0 fully saturated rings. The molecule has 4 nitrogen and oxygen atoms in total. The zero-order valence-electron chi connectivity index (χ0n) is 12.9. The van der Waals surface area contributed by atoms with Crippen LogP contribution < -0.4 is 15.4 Å². The molecule has 1 rings (SSSR count). The van der Waals surface area contributed by atoms with Gasteiger partial charge in [0.25, 0.3) is 0 Å². The molecule has 0 saturated heterocycles. The van der Waals surface area contributed by atoms with Crippen molar-refractivity contribution in [3.8, 4) is 5.75 Å². The highest BCUT2D eigenvalue weighted by atomic mass is 16.5. The highest BCUT2D eigenvalue weighted by molar-refractivity contribution is 5.27. The summed E-state index contributed by atoms with van der Waals surface area (Å²) in [6.45, 7) is 8.60. The first kappa shape index (κ1) is 17.0. The van der Waals surface area contributed by atoms with Gasteiger partial charge >= 0.3 is 0 Å². The minimum absolute atomic E-state index is 0.464. The van der Waals surface area contributed by atoms with Crippen molar-refractivity contribution in [3.05, 3.63) is 29.8 Å². The van der Waals surface area contributed by atoms with E-state index in [1.807, 2.05) is 12.1 Å². The first-order valence-corrected chi connectivity index (χ1v) is 7.35. The molecule has 0 heterocycles. The zero-order valence-corrected chi connectivity index (χ0v) is 12.9. The van der Waals surface area contributed by atoms with Crippen LogP contribution in [0.1, 0.15) is 18.9 Å². The smallest absolute Gasteiger partial charge is 0.119 e. The summed E-state index contributed by atoms with van der Waals surface area (Å²) < 4.78 is 10.7. The Labute approximate surface area is 122 Å². The first-order valence-electron chi connectivity index (χ1n) is 7.35. The largest absolute Gasteiger partial charge is 0.494 e. The monoisotopic (exact) mass is 280 g/mol. The number of hydrogen-bond acceptors (Lipinski definition) is 4.